The van der Waals surface area contributed by atoms with Gasteiger partial charge in [0.25, 0.3) is 0 Å². The van der Waals surface area contributed by atoms with Crippen LogP contribution < -0.4 is 9.80 Å². The zero-order valence-corrected chi connectivity index (χ0v) is 23.4. The van der Waals surface area contributed by atoms with Crippen molar-refractivity contribution in [2.24, 2.45) is 5.92 Å². The monoisotopic (exact) mass is 531 g/mol. The molecule has 0 spiro atoms. The molecule has 1 heterocycles. The van der Waals surface area contributed by atoms with Gasteiger partial charge < -0.3 is 9.80 Å². The molecule has 0 radical (unpaired) electrons. The van der Waals surface area contributed by atoms with Gasteiger partial charge in [-0.2, -0.15) is 0 Å². The number of nitrogens with zero attached hydrogens (tertiary/aromatic N) is 3. The maximum atomic E-state index is 13.9. The zero-order chi connectivity index (χ0) is 27.9. The van der Waals surface area contributed by atoms with Crippen molar-refractivity contribution in [1.82, 2.24) is 4.98 Å². The van der Waals surface area contributed by atoms with Crippen molar-refractivity contribution in [3.63, 3.8) is 0 Å². The molecule has 5 nitrogen and oxygen atoms in total. The normalized spacial score (nSPS) is 13.6. The molecule has 1 aromatic heterocycles. The minimum Gasteiger partial charge on any atom is -0.378 e. The first-order valence-electron chi connectivity index (χ1n) is 14.2. The van der Waals surface area contributed by atoms with Crippen molar-refractivity contribution in [3.05, 3.63) is 114 Å². The molecular weight excluding hydrogens is 494 g/mol. The van der Waals surface area contributed by atoms with Crippen LogP contribution in [0.3, 0.4) is 0 Å². The molecule has 4 aromatic rings. The highest BCUT2D eigenvalue weighted by molar-refractivity contribution is 6.00. The van der Waals surface area contributed by atoms with E-state index in [1.54, 1.807) is 12.4 Å². The zero-order valence-electron chi connectivity index (χ0n) is 23.4. The van der Waals surface area contributed by atoms with Crippen LogP contribution in [0.4, 0.5) is 11.4 Å². The molecular formula is C35H37N3O2. The number of aromatic nitrogens is 1. The standard InChI is InChI=1S/C35H37N3O2/c1-37(2)32-19-17-29(18-20-32)28-15-13-26(14-16-28)25-38(35(40)30-9-4-3-5-10-30)33-12-6-11-31(23-33)34(39)22-27-8-7-21-36-24-27/h6-8,11-21,23-24,30H,3-5,9-10,22,25H2,1-2H3. The Morgan fingerprint density at radius 3 is 2.12 bits per heavy atom. The Hall–Kier alpha value is -4.25. The SMILES string of the molecule is CN(C)c1ccc(-c2ccc(CN(C(=O)C3CCCCC3)c3cccc(C(=O)Cc4cccnc4)c3)cc2)cc1. The Balaban J connectivity index is 1.39. The second-order valence-corrected chi connectivity index (χ2v) is 10.9. The molecule has 0 unspecified atom stereocenters. The molecule has 1 saturated carbocycles. The van der Waals surface area contributed by atoms with Crippen molar-refractivity contribution in [2.45, 2.75) is 45.1 Å². The fourth-order valence-electron chi connectivity index (χ4n) is 5.44. The summed E-state index contributed by atoms with van der Waals surface area (Å²) in [6, 6.07) is 28.3. The Morgan fingerprint density at radius 1 is 0.775 bits per heavy atom. The summed E-state index contributed by atoms with van der Waals surface area (Å²) in [6.07, 6.45) is 8.94. The molecule has 0 saturated heterocycles. The first-order valence-corrected chi connectivity index (χ1v) is 14.2. The molecule has 40 heavy (non-hydrogen) atoms. The highest BCUT2D eigenvalue weighted by atomic mass is 16.2. The molecule has 5 heteroatoms. The molecule has 5 rings (SSSR count). The molecule has 0 N–H and O–H groups in total. The smallest absolute Gasteiger partial charge is 0.230 e. The maximum absolute atomic E-state index is 13.9. The van der Waals surface area contributed by atoms with Crippen molar-refractivity contribution in [2.75, 3.05) is 23.9 Å². The second-order valence-electron chi connectivity index (χ2n) is 10.9. The third kappa shape index (κ3) is 6.66. The summed E-state index contributed by atoms with van der Waals surface area (Å²) in [4.78, 5) is 35.1. The Morgan fingerprint density at radius 2 is 1.48 bits per heavy atom. The van der Waals surface area contributed by atoms with Gasteiger partial charge in [-0.25, -0.2) is 0 Å². The number of anilines is 2. The van der Waals surface area contributed by atoms with Crippen LogP contribution in [-0.2, 0) is 17.8 Å². The maximum Gasteiger partial charge on any atom is 0.230 e. The molecule has 1 amide bonds. The summed E-state index contributed by atoms with van der Waals surface area (Å²) in [5.74, 6) is 0.197. The van der Waals surface area contributed by atoms with Crippen LogP contribution >= 0.6 is 0 Å². The summed E-state index contributed by atoms with van der Waals surface area (Å²) < 4.78 is 0. The van der Waals surface area contributed by atoms with E-state index in [2.05, 4.69) is 58.4 Å². The van der Waals surface area contributed by atoms with E-state index < -0.39 is 0 Å². The quantitative estimate of drug-likeness (QED) is 0.212. The number of amides is 1. The van der Waals surface area contributed by atoms with E-state index in [9.17, 15) is 9.59 Å². The van der Waals surface area contributed by atoms with Gasteiger partial charge >= 0.3 is 0 Å². The van der Waals surface area contributed by atoms with Crippen molar-refractivity contribution in [1.29, 1.82) is 0 Å². The van der Waals surface area contributed by atoms with Gasteiger partial charge in [0.1, 0.15) is 0 Å². The summed E-state index contributed by atoms with van der Waals surface area (Å²) >= 11 is 0. The van der Waals surface area contributed by atoms with Crippen LogP contribution in [0.1, 0.15) is 53.6 Å². The average molecular weight is 532 g/mol. The van der Waals surface area contributed by atoms with Gasteiger partial charge in [-0.15, -0.1) is 0 Å². The molecule has 204 valence electrons. The Kier molecular flexibility index (Phi) is 8.70. The average Bonchev–Trinajstić information content (AvgIpc) is 3.01. The topological polar surface area (TPSA) is 53.5 Å². The van der Waals surface area contributed by atoms with Crippen molar-refractivity contribution < 1.29 is 9.59 Å². The van der Waals surface area contributed by atoms with Gasteiger partial charge in [-0.1, -0.05) is 73.9 Å². The number of rotatable bonds is 9. The molecule has 1 aliphatic rings. The fraction of sp³-hybridized carbons (Fsp3) is 0.286. The third-order valence-electron chi connectivity index (χ3n) is 7.80. The Bertz CT molecular complexity index is 1420. The van der Waals surface area contributed by atoms with Gasteiger partial charge in [0.2, 0.25) is 5.91 Å². The molecule has 0 atom stereocenters. The lowest BCUT2D eigenvalue weighted by Gasteiger charge is -2.30. The fourth-order valence-corrected chi connectivity index (χ4v) is 5.44. The molecule has 1 fully saturated rings. The van der Waals surface area contributed by atoms with Crippen molar-refractivity contribution >= 4 is 23.1 Å². The van der Waals surface area contributed by atoms with E-state index in [4.69, 9.17) is 0 Å². The predicted octanol–water partition coefficient (Wildman–Crippen LogP) is 7.35. The lowest BCUT2D eigenvalue weighted by atomic mass is 9.88. The number of Topliss-reactive ketones (excluding diaryl/α,β-unsaturated/α-hetero) is 1. The summed E-state index contributed by atoms with van der Waals surface area (Å²) in [5, 5.41) is 0. The first kappa shape index (κ1) is 27.3. The van der Waals surface area contributed by atoms with Crippen LogP contribution in [0.2, 0.25) is 0 Å². The molecule has 0 aliphatic heterocycles. The third-order valence-corrected chi connectivity index (χ3v) is 7.80. The molecule has 1 aliphatic carbocycles. The van der Waals surface area contributed by atoms with Gasteiger partial charge in [-0.3, -0.25) is 14.6 Å². The van der Waals surface area contributed by atoms with E-state index in [1.165, 1.54) is 12.1 Å². The number of pyridine rings is 1. The van der Waals surface area contributed by atoms with Crippen LogP contribution in [0.5, 0.6) is 0 Å². The highest BCUT2D eigenvalue weighted by Gasteiger charge is 2.27. The number of ketones is 1. The van der Waals surface area contributed by atoms with Crippen molar-refractivity contribution in [3.8, 4) is 11.1 Å². The minimum atomic E-state index is 0.0181. The number of hydrogen-bond donors (Lipinski definition) is 0. The minimum absolute atomic E-state index is 0.0181. The van der Waals surface area contributed by atoms with Gasteiger partial charge in [0.15, 0.2) is 5.78 Å². The van der Waals surface area contributed by atoms with Crippen LogP contribution in [0.15, 0.2) is 97.3 Å². The van der Waals surface area contributed by atoms with Crippen LogP contribution in [-0.4, -0.2) is 30.8 Å². The largest absolute Gasteiger partial charge is 0.378 e. The lowest BCUT2D eigenvalue weighted by molar-refractivity contribution is -0.123. The van der Waals surface area contributed by atoms with E-state index in [0.717, 1.165) is 53.6 Å². The highest BCUT2D eigenvalue weighted by Crippen LogP contribution is 2.30. The molecule has 0 bridgehead atoms. The van der Waals surface area contributed by atoms with E-state index in [1.807, 2.05) is 55.4 Å². The first-order chi connectivity index (χ1) is 19.5. The predicted molar refractivity (Wildman–Crippen MR) is 163 cm³/mol. The van der Waals surface area contributed by atoms with E-state index in [-0.39, 0.29) is 24.0 Å². The number of benzene rings is 3. The Labute approximate surface area is 237 Å². The number of hydrogen-bond acceptors (Lipinski definition) is 4. The van der Waals surface area contributed by atoms with Crippen LogP contribution in [0, 0.1) is 5.92 Å². The van der Waals surface area contributed by atoms with Gasteiger partial charge in [-0.05, 0) is 65.4 Å². The van der Waals surface area contributed by atoms with Gasteiger partial charge in [0, 0.05) is 55.8 Å². The number of carbonyl (C=O) groups is 2. The number of carbonyl (C=O) groups excluding carboxylic acids is 2. The molecule has 3 aromatic carbocycles. The summed E-state index contributed by atoms with van der Waals surface area (Å²) in [6.45, 7) is 0.468. The van der Waals surface area contributed by atoms with Crippen LogP contribution in [0.25, 0.3) is 11.1 Å². The summed E-state index contributed by atoms with van der Waals surface area (Å²) in [7, 11) is 4.08. The van der Waals surface area contributed by atoms with Gasteiger partial charge in [0.05, 0.1) is 6.54 Å². The van der Waals surface area contributed by atoms with E-state index in [0.29, 0.717) is 12.1 Å². The lowest BCUT2D eigenvalue weighted by Crippen LogP contribution is -2.36. The second kappa shape index (κ2) is 12.7. The summed E-state index contributed by atoms with van der Waals surface area (Å²) in [5.41, 5.74) is 6.79. The van der Waals surface area contributed by atoms with E-state index >= 15 is 0 Å².